The van der Waals surface area contributed by atoms with Crippen molar-refractivity contribution in [3.63, 3.8) is 0 Å². The second-order valence-corrected chi connectivity index (χ2v) is 3.74. The van der Waals surface area contributed by atoms with E-state index in [1.807, 2.05) is 7.05 Å². The van der Waals surface area contributed by atoms with Crippen LogP contribution in [0.4, 0.5) is 0 Å². The van der Waals surface area contributed by atoms with Crippen LogP contribution in [0, 0.1) is 0 Å². The van der Waals surface area contributed by atoms with E-state index in [-0.39, 0.29) is 24.0 Å². The largest absolute Gasteiger partial charge is 1.00 e. The summed E-state index contributed by atoms with van der Waals surface area (Å²) in [6.07, 6.45) is 2.06. The first-order valence-electron chi connectivity index (χ1n) is 3.81. The highest BCUT2D eigenvalue weighted by Gasteiger charge is 2.03. The van der Waals surface area contributed by atoms with Gasteiger partial charge < -0.3 is 24.0 Å². The van der Waals surface area contributed by atoms with E-state index in [0.717, 1.165) is 4.47 Å². The monoisotopic (exact) mass is 349 g/mol. The fourth-order valence-corrected chi connectivity index (χ4v) is 1.92. The van der Waals surface area contributed by atoms with Gasteiger partial charge in [-0.25, -0.2) is 0 Å². The molecular formula is C10H9BrIN. The predicted octanol–water partition coefficient (Wildman–Crippen LogP) is -0.569. The minimum Gasteiger partial charge on any atom is -1.00 e. The molecule has 0 unspecified atom stereocenters. The Morgan fingerprint density at radius 3 is 2.69 bits per heavy atom. The van der Waals surface area contributed by atoms with Gasteiger partial charge in [0.1, 0.15) is 7.05 Å². The number of para-hydroxylation sites is 1. The Morgan fingerprint density at radius 2 is 1.92 bits per heavy atom. The number of aromatic nitrogens is 1. The van der Waals surface area contributed by atoms with Crippen molar-refractivity contribution in [3.05, 3.63) is 41.0 Å². The summed E-state index contributed by atoms with van der Waals surface area (Å²) in [5, 5.41) is 1.26. The van der Waals surface area contributed by atoms with Crippen LogP contribution in [0.5, 0.6) is 0 Å². The molecule has 0 spiro atoms. The molecule has 0 N–H and O–H groups in total. The number of fused-ring (bicyclic) bond motifs is 1. The Bertz CT molecular complexity index is 428. The topological polar surface area (TPSA) is 3.88 Å². The molecule has 1 aromatic carbocycles. The molecule has 0 atom stereocenters. The van der Waals surface area contributed by atoms with Crippen molar-refractivity contribution in [2.45, 2.75) is 0 Å². The Balaban J connectivity index is 0.000000845. The highest BCUT2D eigenvalue weighted by molar-refractivity contribution is 9.10. The summed E-state index contributed by atoms with van der Waals surface area (Å²) < 4.78 is 3.23. The Hall–Kier alpha value is -0.160. The molecular weight excluding hydrogens is 341 g/mol. The molecule has 0 aliphatic carbocycles. The fourth-order valence-electron chi connectivity index (χ4n) is 1.37. The smallest absolute Gasteiger partial charge is 0.212 e. The predicted molar refractivity (Wildman–Crippen MR) is 52.8 cm³/mol. The zero-order valence-corrected chi connectivity index (χ0v) is 10.9. The van der Waals surface area contributed by atoms with Gasteiger partial charge in [0.25, 0.3) is 0 Å². The first-order valence-corrected chi connectivity index (χ1v) is 4.60. The zero-order chi connectivity index (χ0) is 8.55. The fraction of sp³-hybridized carbons (Fsp3) is 0.100. The van der Waals surface area contributed by atoms with Crippen molar-refractivity contribution < 1.29 is 28.5 Å². The van der Waals surface area contributed by atoms with Gasteiger partial charge in [-0.3, -0.25) is 0 Å². The van der Waals surface area contributed by atoms with Crippen LogP contribution in [0.25, 0.3) is 10.9 Å². The standard InChI is InChI=1S/C10H9BrN.HI/c1-12-7-9(11)6-8-4-2-3-5-10(8)12;/h2-7H,1H3;1H/q+1;/p-1. The van der Waals surface area contributed by atoms with Gasteiger partial charge in [-0.1, -0.05) is 12.1 Å². The van der Waals surface area contributed by atoms with Crippen LogP contribution < -0.4 is 28.5 Å². The maximum Gasteiger partial charge on any atom is 0.212 e. The van der Waals surface area contributed by atoms with E-state index in [4.69, 9.17) is 0 Å². The number of nitrogens with zero attached hydrogens (tertiary/aromatic N) is 1. The molecule has 1 aromatic heterocycles. The second kappa shape index (κ2) is 4.37. The number of rotatable bonds is 0. The van der Waals surface area contributed by atoms with Crippen LogP contribution in [0.2, 0.25) is 0 Å². The van der Waals surface area contributed by atoms with E-state index in [1.54, 1.807) is 0 Å². The van der Waals surface area contributed by atoms with Crippen LogP contribution >= 0.6 is 15.9 Å². The Labute approximate surface area is 103 Å². The number of halogens is 2. The Kier molecular flexibility index (Phi) is 3.67. The number of hydrogen-bond acceptors (Lipinski definition) is 0. The maximum atomic E-state index is 3.46. The molecule has 0 saturated carbocycles. The highest BCUT2D eigenvalue weighted by atomic mass is 127. The lowest BCUT2D eigenvalue weighted by Crippen LogP contribution is -3.00. The Morgan fingerprint density at radius 1 is 1.23 bits per heavy atom. The lowest BCUT2D eigenvalue weighted by atomic mass is 10.2. The van der Waals surface area contributed by atoms with E-state index in [1.165, 1.54) is 10.9 Å². The van der Waals surface area contributed by atoms with Gasteiger partial charge in [0.2, 0.25) is 5.52 Å². The van der Waals surface area contributed by atoms with Crippen molar-refractivity contribution in [3.8, 4) is 0 Å². The molecule has 0 aliphatic rings. The number of aryl methyl sites for hydroxylation is 1. The van der Waals surface area contributed by atoms with Gasteiger partial charge in [0, 0.05) is 11.5 Å². The second-order valence-electron chi connectivity index (χ2n) is 2.83. The minimum absolute atomic E-state index is 0. The van der Waals surface area contributed by atoms with Gasteiger partial charge in [0.15, 0.2) is 6.20 Å². The molecule has 0 bridgehead atoms. The quantitative estimate of drug-likeness (QED) is 0.443. The zero-order valence-electron chi connectivity index (χ0n) is 7.17. The summed E-state index contributed by atoms with van der Waals surface area (Å²) in [6, 6.07) is 10.4. The maximum absolute atomic E-state index is 3.46. The third-order valence-corrected chi connectivity index (χ3v) is 2.36. The minimum atomic E-state index is 0. The summed E-state index contributed by atoms with van der Waals surface area (Å²) in [5.74, 6) is 0. The molecule has 0 amide bonds. The molecule has 13 heavy (non-hydrogen) atoms. The normalized spacial score (nSPS) is 9.69. The van der Waals surface area contributed by atoms with Crippen LogP contribution in [-0.2, 0) is 7.05 Å². The first-order chi connectivity index (χ1) is 5.77. The highest BCUT2D eigenvalue weighted by Crippen LogP contribution is 2.14. The van der Waals surface area contributed by atoms with Crippen molar-refractivity contribution in [2.24, 2.45) is 7.05 Å². The van der Waals surface area contributed by atoms with Crippen LogP contribution in [-0.4, -0.2) is 0 Å². The lowest BCUT2D eigenvalue weighted by molar-refractivity contribution is -0.645. The molecule has 0 fully saturated rings. The summed E-state index contributed by atoms with van der Waals surface area (Å²) in [5.41, 5.74) is 1.25. The van der Waals surface area contributed by atoms with Crippen molar-refractivity contribution in [2.75, 3.05) is 0 Å². The molecule has 2 aromatic rings. The third-order valence-electron chi connectivity index (χ3n) is 1.93. The number of hydrogen-bond donors (Lipinski definition) is 0. The lowest BCUT2D eigenvalue weighted by Gasteiger charge is -1.95. The van der Waals surface area contributed by atoms with Crippen LogP contribution in [0.1, 0.15) is 0 Å². The average Bonchev–Trinajstić information content (AvgIpc) is 2.04. The average molecular weight is 350 g/mol. The number of pyridine rings is 1. The first kappa shape index (κ1) is 10.9. The van der Waals surface area contributed by atoms with E-state index in [9.17, 15) is 0 Å². The molecule has 0 radical (unpaired) electrons. The summed E-state index contributed by atoms with van der Waals surface area (Å²) in [6.45, 7) is 0. The van der Waals surface area contributed by atoms with Gasteiger partial charge in [-0.15, -0.1) is 0 Å². The van der Waals surface area contributed by atoms with Crippen molar-refractivity contribution in [1.82, 2.24) is 0 Å². The summed E-state index contributed by atoms with van der Waals surface area (Å²) in [7, 11) is 2.05. The van der Waals surface area contributed by atoms with Gasteiger partial charge in [-0.05, 0) is 28.1 Å². The van der Waals surface area contributed by atoms with E-state index in [0.29, 0.717) is 0 Å². The molecule has 2 rings (SSSR count). The third kappa shape index (κ3) is 2.20. The van der Waals surface area contributed by atoms with Crippen LogP contribution in [0.3, 0.4) is 0 Å². The molecule has 3 heteroatoms. The van der Waals surface area contributed by atoms with E-state index < -0.39 is 0 Å². The summed E-state index contributed by atoms with van der Waals surface area (Å²) in [4.78, 5) is 0. The molecule has 68 valence electrons. The van der Waals surface area contributed by atoms with Gasteiger partial charge >= 0.3 is 0 Å². The number of benzene rings is 1. The van der Waals surface area contributed by atoms with E-state index in [2.05, 4.69) is 57.0 Å². The van der Waals surface area contributed by atoms with Gasteiger partial charge in [0.05, 0.1) is 4.47 Å². The molecule has 1 heterocycles. The van der Waals surface area contributed by atoms with E-state index >= 15 is 0 Å². The molecule has 0 aliphatic heterocycles. The van der Waals surface area contributed by atoms with Gasteiger partial charge in [-0.2, -0.15) is 4.57 Å². The van der Waals surface area contributed by atoms with Crippen molar-refractivity contribution >= 4 is 26.8 Å². The summed E-state index contributed by atoms with van der Waals surface area (Å²) >= 11 is 3.46. The van der Waals surface area contributed by atoms with Crippen LogP contribution in [0.15, 0.2) is 41.0 Å². The molecule has 1 nitrogen and oxygen atoms in total. The van der Waals surface area contributed by atoms with Crippen molar-refractivity contribution in [1.29, 1.82) is 0 Å². The molecule has 0 saturated heterocycles. The SMILES string of the molecule is C[n+]1cc(Br)cc2ccccc21.[I-].